The average molecular weight is 393 g/mol. The fraction of sp³-hybridized carbons (Fsp3) is 0.667. The maximum absolute atomic E-state index is 13.0. The summed E-state index contributed by atoms with van der Waals surface area (Å²) >= 11 is 0. The summed E-state index contributed by atoms with van der Waals surface area (Å²) in [5.41, 5.74) is 0.243. The number of amides is 1. The third-order valence-corrected chi connectivity index (χ3v) is 7.69. The molecule has 2 saturated carbocycles. The molecule has 1 aromatic carbocycles. The van der Waals surface area contributed by atoms with Gasteiger partial charge in [-0.25, -0.2) is 13.1 Å². The van der Waals surface area contributed by atoms with Crippen LogP contribution in [0.25, 0.3) is 0 Å². The highest BCUT2D eigenvalue weighted by atomic mass is 32.2. The van der Waals surface area contributed by atoms with E-state index >= 15 is 0 Å². The van der Waals surface area contributed by atoms with Crippen LogP contribution in [0.4, 0.5) is 0 Å². The zero-order chi connectivity index (χ0) is 19.4. The van der Waals surface area contributed by atoms with E-state index in [1.54, 1.807) is 18.2 Å². The number of rotatable bonds is 5. The van der Waals surface area contributed by atoms with Crippen molar-refractivity contribution < 1.29 is 13.2 Å². The Balaban J connectivity index is 1.71. The van der Waals surface area contributed by atoms with Gasteiger partial charge in [-0.1, -0.05) is 26.0 Å². The summed E-state index contributed by atoms with van der Waals surface area (Å²) in [6, 6.07) is 6.64. The summed E-state index contributed by atoms with van der Waals surface area (Å²) in [6.45, 7) is 4.44. The van der Waals surface area contributed by atoms with Crippen LogP contribution in [-0.2, 0) is 10.0 Å². The van der Waals surface area contributed by atoms with E-state index in [0.29, 0.717) is 11.8 Å². The molecule has 0 heterocycles. The van der Waals surface area contributed by atoms with Gasteiger partial charge in [-0.3, -0.25) is 4.79 Å². The fourth-order valence-electron chi connectivity index (χ4n) is 4.22. The molecule has 3 rings (SSSR count). The van der Waals surface area contributed by atoms with Crippen molar-refractivity contribution in [3.63, 3.8) is 0 Å². The number of nitrogens with one attached hydrogen (secondary N) is 2. The maximum Gasteiger partial charge on any atom is 0.252 e. The first kappa shape index (κ1) is 20.3. The molecule has 2 N–H and O–H groups in total. The first-order valence-electron chi connectivity index (χ1n) is 10.3. The van der Waals surface area contributed by atoms with Gasteiger partial charge in [-0.05, 0) is 75.3 Å². The Morgan fingerprint density at radius 3 is 1.96 bits per heavy atom. The van der Waals surface area contributed by atoms with Gasteiger partial charge in [0, 0.05) is 12.1 Å². The second-order valence-electron chi connectivity index (χ2n) is 8.50. The molecular formula is C21H32N2O3S. The summed E-state index contributed by atoms with van der Waals surface area (Å²) in [5.74, 6) is 1.07. The van der Waals surface area contributed by atoms with E-state index in [2.05, 4.69) is 23.9 Å². The summed E-state index contributed by atoms with van der Waals surface area (Å²) in [5, 5.41) is 3.05. The zero-order valence-electron chi connectivity index (χ0n) is 16.4. The van der Waals surface area contributed by atoms with Crippen LogP contribution in [0.3, 0.4) is 0 Å². The molecule has 150 valence electrons. The Hall–Kier alpha value is -1.40. The number of sulfonamides is 1. The van der Waals surface area contributed by atoms with E-state index in [9.17, 15) is 13.2 Å². The van der Waals surface area contributed by atoms with Gasteiger partial charge in [-0.2, -0.15) is 0 Å². The van der Waals surface area contributed by atoms with E-state index < -0.39 is 10.0 Å². The molecular weight excluding hydrogens is 360 g/mol. The van der Waals surface area contributed by atoms with Crippen molar-refractivity contribution in [2.75, 3.05) is 0 Å². The van der Waals surface area contributed by atoms with Crippen LogP contribution in [0.1, 0.15) is 75.6 Å². The van der Waals surface area contributed by atoms with E-state index in [-0.39, 0.29) is 28.4 Å². The molecule has 6 heteroatoms. The average Bonchev–Trinajstić information content (AvgIpc) is 2.65. The van der Waals surface area contributed by atoms with Gasteiger partial charge in [0.05, 0.1) is 10.5 Å². The standard InChI is InChI=1S/C21H32N2O3S/c1-15-7-11-17(12-8-15)22-21(24)19-5-3-4-6-20(19)27(25,26)23-18-13-9-16(2)10-14-18/h3-6,15-18,23H,7-14H2,1-2H3,(H,22,24). The number of hydrogen-bond donors (Lipinski definition) is 2. The lowest BCUT2D eigenvalue weighted by atomic mass is 9.87. The Morgan fingerprint density at radius 1 is 0.852 bits per heavy atom. The molecule has 1 amide bonds. The molecule has 2 fully saturated rings. The molecule has 0 radical (unpaired) electrons. The van der Waals surface area contributed by atoms with Crippen molar-refractivity contribution in [2.45, 2.75) is 82.2 Å². The van der Waals surface area contributed by atoms with Gasteiger partial charge in [0.25, 0.3) is 5.91 Å². The Morgan fingerprint density at radius 2 is 1.37 bits per heavy atom. The highest BCUT2D eigenvalue weighted by Gasteiger charge is 2.28. The second-order valence-corrected chi connectivity index (χ2v) is 10.2. The Bertz CT molecular complexity index is 746. The lowest BCUT2D eigenvalue weighted by Gasteiger charge is -2.28. The van der Waals surface area contributed by atoms with Crippen molar-refractivity contribution in [1.82, 2.24) is 10.0 Å². The molecule has 1 aromatic rings. The molecule has 0 atom stereocenters. The number of benzene rings is 1. The molecule has 0 unspecified atom stereocenters. The molecule has 5 nitrogen and oxygen atoms in total. The molecule has 0 saturated heterocycles. The molecule has 0 aliphatic heterocycles. The maximum atomic E-state index is 13.0. The van der Waals surface area contributed by atoms with E-state index in [0.717, 1.165) is 51.4 Å². The van der Waals surface area contributed by atoms with Crippen LogP contribution in [0.15, 0.2) is 29.2 Å². The first-order chi connectivity index (χ1) is 12.8. The van der Waals surface area contributed by atoms with Crippen molar-refractivity contribution in [3.8, 4) is 0 Å². The van der Waals surface area contributed by atoms with Crippen molar-refractivity contribution in [2.24, 2.45) is 11.8 Å². The molecule has 0 aromatic heterocycles. The van der Waals surface area contributed by atoms with Crippen LogP contribution in [0.2, 0.25) is 0 Å². The summed E-state index contributed by atoms with van der Waals surface area (Å²) in [6.07, 6.45) is 7.91. The predicted octanol–water partition coefficient (Wildman–Crippen LogP) is 3.85. The fourth-order valence-corrected chi connectivity index (χ4v) is 5.73. The normalized spacial score (nSPS) is 29.3. The van der Waals surface area contributed by atoms with E-state index in [4.69, 9.17) is 0 Å². The highest BCUT2D eigenvalue weighted by molar-refractivity contribution is 7.89. The van der Waals surface area contributed by atoms with Gasteiger partial charge in [0.1, 0.15) is 0 Å². The zero-order valence-corrected chi connectivity index (χ0v) is 17.2. The Labute approximate surface area is 163 Å². The topological polar surface area (TPSA) is 75.3 Å². The van der Waals surface area contributed by atoms with Crippen LogP contribution in [-0.4, -0.2) is 26.4 Å². The smallest absolute Gasteiger partial charge is 0.252 e. The molecule has 2 aliphatic rings. The van der Waals surface area contributed by atoms with Crippen molar-refractivity contribution >= 4 is 15.9 Å². The lowest BCUT2D eigenvalue weighted by molar-refractivity contribution is 0.0919. The third-order valence-electron chi connectivity index (χ3n) is 6.11. The minimum absolute atomic E-state index is 0.0397. The van der Waals surface area contributed by atoms with E-state index in [1.807, 2.05) is 0 Å². The SMILES string of the molecule is CC1CCC(NC(=O)c2ccccc2S(=O)(=O)NC2CCC(C)CC2)CC1. The van der Waals surface area contributed by atoms with Crippen LogP contribution >= 0.6 is 0 Å². The van der Waals surface area contributed by atoms with Gasteiger partial charge in [-0.15, -0.1) is 0 Å². The van der Waals surface area contributed by atoms with Gasteiger partial charge in [0.15, 0.2) is 0 Å². The van der Waals surface area contributed by atoms with E-state index in [1.165, 1.54) is 6.07 Å². The Kier molecular flexibility index (Phi) is 6.58. The largest absolute Gasteiger partial charge is 0.349 e. The quantitative estimate of drug-likeness (QED) is 0.799. The van der Waals surface area contributed by atoms with Crippen molar-refractivity contribution in [3.05, 3.63) is 29.8 Å². The second kappa shape index (κ2) is 8.74. The monoisotopic (exact) mass is 392 g/mol. The summed E-state index contributed by atoms with van der Waals surface area (Å²) in [7, 11) is -3.71. The molecule has 2 aliphatic carbocycles. The summed E-state index contributed by atoms with van der Waals surface area (Å²) < 4.78 is 28.7. The minimum atomic E-state index is -3.71. The molecule has 27 heavy (non-hydrogen) atoms. The summed E-state index contributed by atoms with van der Waals surface area (Å²) in [4.78, 5) is 12.9. The number of carbonyl (C=O) groups excluding carboxylic acids is 1. The third kappa shape index (κ3) is 5.32. The first-order valence-corrected chi connectivity index (χ1v) is 11.8. The number of hydrogen-bond acceptors (Lipinski definition) is 3. The van der Waals surface area contributed by atoms with Crippen LogP contribution < -0.4 is 10.0 Å². The molecule has 0 bridgehead atoms. The van der Waals surface area contributed by atoms with Crippen LogP contribution in [0.5, 0.6) is 0 Å². The van der Waals surface area contributed by atoms with Gasteiger partial charge >= 0.3 is 0 Å². The minimum Gasteiger partial charge on any atom is -0.349 e. The lowest BCUT2D eigenvalue weighted by Crippen LogP contribution is -2.40. The predicted molar refractivity (Wildman–Crippen MR) is 107 cm³/mol. The van der Waals surface area contributed by atoms with Crippen LogP contribution in [0, 0.1) is 11.8 Å². The van der Waals surface area contributed by atoms with Gasteiger partial charge < -0.3 is 5.32 Å². The van der Waals surface area contributed by atoms with Gasteiger partial charge in [0.2, 0.25) is 10.0 Å². The highest BCUT2D eigenvalue weighted by Crippen LogP contribution is 2.26. The molecule has 0 spiro atoms. The number of carbonyl (C=O) groups is 1. The van der Waals surface area contributed by atoms with Crippen molar-refractivity contribution in [1.29, 1.82) is 0 Å².